The number of rotatable bonds is 7. The second-order valence-electron chi connectivity index (χ2n) is 10.5. The van der Waals surface area contributed by atoms with Crippen LogP contribution in [0.5, 0.6) is 0 Å². The highest BCUT2D eigenvalue weighted by atomic mass is 32.2. The SMILES string of the molecule is C#CCO[C@@H]1Cc2ccccc2[C@@H]1NC(=O)[C@H]1N2C(=O)[C@@H](NC(=O)[C@H](C)NC)CCS[C@H]2CC1(C)C. The van der Waals surface area contributed by atoms with Crippen molar-refractivity contribution in [3.8, 4) is 12.3 Å². The summed E-state index contributed by atoms with van der Waals surface area (Å²) in [5.74, 6) is 2.62. The van der Waals surface area contributed by atoms with E-state index in [2.05, 4.69) is 21.9 Å². The number of ether oxygens (including phenoxy) is 1. The molecule has 1 aromatic rings. The zero-order chi connectivity index (χ0) is 26.0. The number of carbonyl (C=O) groups excluding carboxylic acids is 3. The molecule has 2 saturated heterocycles. The number of amides is 3. The summed E-state index contributed by atoms with van der Waals surface area (Å²) in [6, 6.07) is 5.88. The summed E-state index contributed by atoms with van der Waals surface area (Å²) in [7, 11) is 1.70. The molecule has 36 heavy (non-hydrogen) atoms. The monoisotopic (exact) mass is 512 g/mol. The Kier molecular flexibility index (Phi) is 7.98. The second kappa shape index (κ2) is 10.8. The molecule has 3 amide bonds. The predicted molar refractivity (Wildman–Crippen MR) is 140 cm³/mol. The molecule has 3 aliphatic rings. The molecule has 2 heterocycles. The molecule has 0 radical (unpaired) electrons. The lowest BCUT2D eigenvalue weighted by molar-refractivity contribution is -0.144. The molecule has 194 valence electrons. The van der Waals surface area contributed by atoms with E-state index < -0.39 is 23.5 Å². The van der Waals surface area contributed by atoms with Gasteiger partial charge in [-0.3, -0.25) is 14.4 Å². The van der Waals surface area contributed by atoms with Crippen LogP contribution in [0, 0.1) is 17.8 Å². The van der Waals surface area contributed by atoms with Crippen LogP contribution in [-0.4, -0.2) is 71.6 Å². The summed E-state index contributed by atoms with van der Waals surface area (Å²) in [5, 5.41) is 8.91. The normalized spacial score (nSPS) is 29.5. The van der Waals surface area contributed by atoms with Crippen molar-refractivity contribution in [3.05, 3.63) is 35.4 Å². The molecule has 0 unspecified atom stereocenters. The number of hydrogen-bond donors (Lipinski definition) is 3. The van der Waals surface area contributed by atoms with E-state index in [4.69, 9.17) is 11.2 Å². The van der Waals surface area contributed by atoms with Gasteiger partial charge in [-0.15, -0.1) is 18.2 Å². The van der Waals surface area contributed by atoms with Gasteiger partial charge < -0.3 is 25.6 Å². The maximum atomic E-state index is 13.9. The molecular weight excluding hydrogens is 476 g/mol. The first-order chi connectivity index (χ1) is 17.2. The fraction of sp³-hybridized carbons (Fsp3) is 0.593. The van der Waals surface area contributed by atoms with E-state index in [1.54, 1.807) is 30.6 Å². The van der Waals surface area contributed by atoms with Crippen LogP contribution in [0.1, 0.15) is 50.8 Å². The number of terminal acetylenes is 1. The fourth-order valence-electron chi connectivity index (χ4n) is 5.55. The molecule has 8 nitrogen and oxygen atoms in total. The molecule has 9 heteroatoms. The number of benzene rings is 1. The minimum absolute atomic E-state index is 0.115. The molecule has 2 aliphatic heterocycles. The lowest BCUT2D eigenvalue weighted by Gasteiger charge is -2.35. The third-order valence-corrected chi connectivity index (χ3v) is 8.80. The number of carbonyl (C=O) groups is 3. The minimum Gasteiger partial charge on any atom is -0.363 e. The molecule has 6 atom stereocenters. The maximum absolute atomic E-state index is 13.9. The van der Waals surface area contributed by atoms with Gasteiger partial charge in [-0.2, -0.15) is 0 Å². The van der Waals surface area contributed by atoms with E-state index in [-0.39, 0.29) is 41.8 Å². The average molecular weight is 513 g/mol. The molecule has 0 bridgehead atoms. The van der Waals surface area contributed by atoms with Crippen molar-refractivity contribution in [2.75, 3.05) is 19.4 Å². The zero-order valence-electron chi connectivity index (χ0n) is 21.4. The first-order valence-electron chi connectivity index (χ1n) is 12.5. The first kappa shape index (κ1) is 26.5. The van der Waals surface area contributed by atoms with Gasteiger partial charge in [0.05, 0.1) is 23.6 Å². The van der Waals surface area contributed by atoms with E-state index in [1.165, 1.54) is 0 Å². The number of nitrogens with one attached hydrogen (secondary N) is 3. The molecule has 0 spiro atoms. The fourth-order valence-corrected chi connectivity index (χ4v) is 7.13. The number of nitrogens with zero attached hydrogens (tertiary/aromatic N) is 1. The van der Waals surface area contributed by atoms with Crippen LogP contribution in [0.25, 0.3) is 0 Å². The Balaban J connectivity index is 1.58. The van der Waals surface area contributed by atoms with Crippen LogP contribution in [0.3, 0.4) is 0 Å². The molecule has 4 rings (SSSR count). The third kappa shape index (κ3) is 5.13. The van der Waals surface area contributed by atoms with Crippen molar-refractivity contribution in [2.45, 2.75) is 75.7 Å². The van der Waals surface area contributed by atoms with Crippen molar-refractivity contribution in [3.63, 3.8) is 0 Å². The van der Waals surface area contributed by atoms with Gasteiger partial charge in [-0.1, -0.05) is 44.0 Å². The van der Waals surface area contributed by atoms with Gasteiger partial charge in [0.25, 0.3) is 0 Å². The standard InChI is InChI=1S/C27H36N4O4S/c1-6-12-35-20-14-17-9-7-8-10-18(17)22(20)30-25(33)23-27(3,4)15-21-31(23)26(34)19(11-13-36-21)29-24(32)16(2)28-5/h1,7-10,16,19-23,28H,11-15H2,2-5H3,(H,29,32)(H,30,33)/t16-,19-,20+,21-,22-,23+/m0/s1. The van der Waals surface area contributed by atoms with Crippen molar-refractivity contribution in [1.29, 1.82) is 0 Å². The minimum atomic E-state index is -0.664. The van der Waals surface area contributed by atoms with E-state index in [0.29, 0.717) is 19.3 Å². The molecule has 1 aromatic carbocycles. The van der Waals surface area contributed by atoms with Crippen LogP contribution in [0.4, 0.5) is 0 Å². The summed E-state index contributed by atoms with van der Waals surface area (Å²) in [4.78, 5) is 42.0. The van der Waals surface area contributed by atoms with Crippen LogP contribution < -0.4 is 16.0 Å². The number of thioether (sulfide) groups is 1. The van der Waals surface area contributed by atoms with Crippen LogP contribution in [0.15, 0.2) is 24.3 Å². The summed E-state index contributed by atoms with van der Waals surface area (Å²) in [6.07, 6.45) is 7.06. The first-order valence-corrected chi connectivity index (χ1v) is 13.6. The lowest BCUT2D eigenvalue weighted by Crippen LogP contribution is -2.58. The summed E-state index contributed by atoms with van der Waals surface area (Å²) in [5.41, 5.74) is 1.70. The topological polar surface area (TPSA) is 99.8 Å². The van der Waals surface area contributed by atoms with Gasteiger partial charge in [0.2, 0.25) is 17.7 Å². The van der Waals surface area contributed by atoms with Gasteiger partial charge >= 0.3 is 0 Å². The average Bonchev–Trinajstić information content (AvgIpc) is 3.28. The van der Waals surface area contributed by atoms with Crippen LogP contribution >= 0.6 is 11.8 Å². The van der Waals surface area contributed by atoms with Gasteiger partial charge in [-0.05, 0) is 49.1 Å². The van der Waals surface area contributed by atoms with Crippen molar-refractivity contribution in [1.82, 2.24) is 20.9 Å². The Bertz CT molecular complexity index is 1050. The Morgan fingerprint density at radius 1 is 1.31 bits per heavy atom. The third-order valence-electron chi connectivity index (χ3n) is 7.55. The van der Waals surface area contributed by atoms with Gasteiger partial charge in [0.1, 0.15) is 18.7 Å². The summed E-state index contributed by atoms with van der Waals surface area (Å²) in [6.45, 7) is 5.98. The maximum Gasteiger partial charge on any atom is 0.246 e. The largest absolute Gasteiger partial charge is 0.363 e. The Hall–Kier alpha value is -2.54. The number of fused-ring (bicyclic) bond motifs is 2. The van der Waals surface area contributed by atoms with Gasteiger partial charge in [0.15, 0.2) is 0 Å². The smallest absolute Gasteiger partial charge is 0.246 e. The molecular formula is C27H36N4O4S. The number of likely N-dealkylation sites (N-methyl/N-ethyl adjacent to an activating group) is 1. The molecule has 2 fully saturated rings. The number of hydrogen-bond acceptors (Lipinski definition) is 6. The zero-order valence-corrected chi connectivity index (χ0v) is 22.2. The highest BCUT2D eigenvalue weighted by Crippen LogP contribution is 2.46. The second-order valence-corrected chi connectivity index (χ2v) is 11.8. The lowest BCUT2D eigenvalue weighted by atomic mass is 9.83. The summed E-state index contributed by atoms with van der Waals surface area (Å²) >= 11 is 1.68. The van der Waals surface area contributed by atoms with Crippen LogP contribution in [-0.2, 0) is 25.5 Å². The molecule has 1 aliphatic carbocycles. The molecule has 0 aromatic heterocycles. The van der Waals surface area contributed by atoms with E-state index in [9.17, 15) is 14.4 Å². The Labute approximate surface area is 217 Å². The van der Waals surface area contributed by atoms with Crippen molar-refractivity contribution in [2.24, 2.45) is 5.41 Å². The Morgan fingerprint density at radius 3 is 2.78 bits per heavy atom. The van der Waals surface area contributed by atoms with Gasteiger partial charge in [0, 0.05) is 6.42 Å². The van der Waals surface area contributed by atoms with E-state index in [0.717, 1.165) is 16.9 Å². The summed E-state index contributed by atoms with van der Waals surface area (Å²) < 4.78 is 5.92. The van der Waals surface area contributed by atoms with Crippen LogP contribution in [0.2, 0.25) is 0 Å². The molecule has 3 N–H and O–H groups in total. The van der Waals surface area contributed by atoms with E-state index in [1.807, 2.05) is 38.1 Å². The highest BCUT2D eigenvalue weighted by molar-refractivity contribution is 7.99. The molecule has 0 saturated carbocycles. The van der Waals surface area contributed by atoms with E-state index >= 15 is 0 Å². The van der Waals surface area contributed by atoms with Crippen molar-refractivity contribution >= 4 is 29.5 Å². The predicted octanol–water partition coefficient (Wildman–Crippen LogP) is 1.60. The quantitative estimate of drug-likeness (QED) is 0.480. The van der Waals surface area contributed by atoms with Crippen molar-refractivity contribution < 1.29 is 19.1 Å². The highest BCUT2D eigenvalue weighted by Gasteiger charge is 2.55. The Morgan fingerprint density at radius 2 is 2.06 bits per heavy atom. The van der Waals surface area contributed by atoms with Gasteiger partial charge in [-0.25, -0.2) is 0 Å².